The van der Waals surface area contributed by atoms with Crippen molar-refractivity contribution < 1.29 is 26.0 Å². The van der Waals surface area contributed by atoms with E-state index in [1.807, 2.05) is 6.92 Å². The Kier molecular flexibility index (Phi) is 6.11. The zero-order valence-electron chi connectivity index (χ0n) is 15.8. The van der Waals surface area contributed by atoms with Crippen LogP contribution in [0, 0.1) is 5.82 Å². The molecule has 0 aromatic heterocycles. The number of sulfonamides is 1. The van der Waals surface area contributed by atoms with Gasteiger partial charge in [-0.05, 0) is 30.0 Å². The molecule has 7 nitrogen and oxygen atoms in total. The lowest BCUT2D eigenvalue weighted by Crippen LogP contribution is -2.52. The predicted molar refractivity (Wildman–Crippen MR) is 104 cm³/mol. The standard InChI is InChI=1S/C18H25FN2O5S2/c1-14(15-2-4-16(19)5-3-15)12-18(22)20-7-9-21(10-8-20)28(25,26)17-6-11-27(23,24)13-17/h2-5,14,17H,6-13H2,1H3. The number of rotatable bonds is 5. The zero-order chi connectivity index (χ0) is 20.5. The summed E-state index contributed by atoms with van der Waals surface area (Å²) < 4.78 is 62.9. The van der Waals surface area contributed by atoms with Crippen molar-refractivity contribution in [2.75, 3.05) is 37.7 Å². The van der Waals surface area contributed by atoms with E-state index in [1.165, 1.54) is 16.4 Å². The van der Waals surface area contributed by atoms with E-state index < -0.39 is 25.1 Å². The first-order chi connectivity index (χ1) is 13.1. The highest BCUT2D eigenvalue weighted by Gasteiger charge is 2.41. The van der Waals surface area contributed by atoms with E-state index in [2.05, 4.69) is 0 Å². The van der Waals surface area contributed by atoms with Crippen LogP contribution < -0.4 is 0 Å². The summed E-state index contributed by atoms with van der Waals surface area (Å²) in [4.78, 5) is 14.2. The van der Waals surface area contributed by atoms with Crippen molar-refractivity contribution in [1.82, 2.24) is 9.21 Å². The molecule has 2 atom stereocenters. The Morgan fingerprint density at radius 2 is 1.79 bits per heavy atom. The van der Waals surface area contributed by atoms with Crippen molar-refractivity contribution in [2.24, 2.45) is 0 Å². The van der Waals surface area contributed by atoms with Crippen molar-refractivity contribution in [1.29, 1.82) is 0 Å². The van der Waals surface area contributed by atoms with Crippen LogP contribution in [-0.4, -0.2) is 74.9 Å². The van der Waals surface area contributed by atoms with Crippen molar-refractivity contribution in [3.05, 3.63) is 35.6 Å². The molecule has 0 bridgehead atoms. The highest BCUT2D eigenvalue weighted by Crippen LogP contribution is 2.24. The van der Waals surface area contributed by atoms with Gasteiger partial charge in [-0.1, -0.05) is 19.1 Å². The Bertz CT molecular complexity index is 923. The van der Waals surface area contributed by atoms with Crippen LogP contribution in [0.2, 0.25) is 0 Å². The Morgan fingerprint density at radius 3 is 2.32 bits per heavy atom. The van der Waals surface area contributed by atoms with Crippen molar-refractivity contribution in [2.45, 2.75) is 30.9 Å². The molecule has 2 saturated heterocycles. The summed E-state index contributed by atoms with van der Waals surface area (Å²) in [6.45, 7) is 2.82. The quantitative estimate of drug-likeness (QED) is 0.692. The monoisotopic (exact) mass is 432 g/mol. The van der Waals surface area contributed by atoms with Crippen molar-refractivity contribution in [3.63, 3.8) is 0 Å². The number of sulfone groups is 1. The van der Waals surface area contributed by atoms with E-state index in [4.69, 9.17) is 0 Å². The number of amides is 1. The van der Waals surface area contributed by atoms with Gasteiger partial charge >= 0.3 is 0 Å². The van der Waals surface area contributed by atoms with Gasteiger partial charge in [-0.3, -0.25) is 4.79 Å². The van der Waals surface area contributed by atoms with E-state index in [0.29, 0.717) is 0 Å². The van der Waals surface area contributed by atoms with Crippen molar-refractivity contribution in [3.8, 4) is 0 Å². The smallest absolute Gasteiger partial charge is 0.223 e. The average Bonchev–Trinajstić information content (AvgIpc) is 3.03. The molecule has 2 heterocycles. The Balaban J connectivity index is 1.54. The summed E-state index contributed by atoms with van der Waals surface area (Å²) in [6.07, 6.45) is 0.401. The fourth-order valence-electron chi connectivity index (χ4n) is 3.70. The minimum absolute atomic E-state index is 0.0708. The average molecular weight is 433 g/mol. The molecule has 0 saturated carbocycles. The SMILES string of the molecule is CC(CC(=O)N1CCN(S(=O)(=O)C2CCS(=O)(=O)C2)CC1)c1ccc(F)cc1. The van der Waals surface area contributed by atoms with Gasteiger partial charge in [0.05, 0.1) is 16.8 Å². The van der Waals surface area contributed by atoms with Crippen molar-refractivity contribution >= 4 is 25.8 Å². The van der Waals surface area contributed by atoms with Gasteiger partial charge in [-0.2, -0.15) is 4.31 Å². The van der Waals surface area contributed by atoms with Gasteiger partial charge in [0.2, 0.25) is 15.9 Å². The molecule has 3 rings (SSSR count). The van der Waals surface area contributed by atoms with Gasteiger partial charge in [-0.25, -0.2) is 21.2 Å². The van der Waals surface area contributed by atoms with Gasteiger partial charge < -0.3 is 4.90 Å². The molecule has 2 fully saturated rings. The molecule has 0 N–H and O–H groups in total. The molecule has 1 aromatic carbocycles. The first kappa shape index (κ1) is 21.2. The first-order valence-electron chi connectivity index (χ1n) is 9.31. The van der Waals surface area contributed by atoms with E-state index in [-0.39, 0.29) is 68.2 Å². The molecular weight excluding hydrogens is 407 g/mol. The summed E-state index contributed by atoms with van der Waals surface area (Å²) in [7, 11) is -6.95. The summed E-state index contributed by atoms with van der Waals surface area (Å²) in [5, 5.41) is -0.877. The van der Waals surface area contributed by atoms with Crippen LogP contribution in [0.15, 0.2) is 24.3 Å². The molecule has 0 radical (unpaired) electrons. The maximum Gasteiger partial charge on any atom is 0.223 e. The third-order valence-corrected chi connectivity index (χ3v) is 9.79. The Labute approximate surface area is 165 Å². The second-order valence-corrected chi connectivity index (χ2v) is 11.9. The van der Waals surface area contributed by atoms with E-state index >= 15 is 0 Å². The maximum atomic E-state index is 13.0. The highest BCUT2D eigenvalue weighted by atomic mass is 32.2. The van der Waals surface area contributed by atoms with Gasteiger partial charge in [0.15, 0.2) is 9.84 Å². The molecule has 10 heteroatoms. The number of carbonyl (C=O) groups excluding carboxylic acids is 1. The summed E-state index contributed by atoms with van der Waals surface area (Å²) in [6, 6.07) is 6.05. The molecule has 2 aliphatic rings. The normalized spacial score (nSPS) is 24.2. The van der Waals surface area contributed by atoms with E-state index in [1.54, 1.807) is 17.0 Å². The van der Waals surface area contributed by atoms with E-state index in [9.17, 15) is 26.0 Å². The summed E-state index contributed by atoms with van der Waals surface area (Å²) in [5.41, 5.74) is 0.874. The van der Waals surface area contributed by atoms with E-state index in [0.717, 1.165) is 5.56 Å². The zero-order valence-corrected chi connectivity index (χ0v) is 17.4. The molecule has 0 aliphatic carbocycles. The highest BCUT2D eigenvalue weighted by molar-refractivity contribution is 7.95. The van der Waals surface area contributed by atoms with Crippen LogP contribution in [0.3, 0.4) is 0 Å². The topological polar surface area (TPSA) is 91.8 Å². The number of halogens is 1. The maximum absolute atomic E-state index is 13.0. The predicted octanol–water partition coefficient (Wildman–Crippen LogP) is 0.980. The molecule has 1 amide bonds. The second-order valence-electron chi connectivity index (χ2n) is 7.51. The lowest BCUT2D eigenvalue weighted by Gasteiger charge is -2.35. The third-order valence-electron chi connectivity index (χ3n) is 5.48. The number of piperazine rings is 1. The molecule has 2 unspecified atom stereocenters. The molecule has 1 aromatic rings. The number of hydrogen-bond acceptors (Lipinski definition) is 5. The Hall–Kier alpha value is -1.52. The van der Waals surface area contributed by atoms with Gasteiger partial charge in [0, 0.05) is 32.6 Å². The second kappa shape index (κ2) is 8.08. The fraction of sp³-hybridized carbons (Fsp3) is 0.611. The number of hydrogen-bond donors (Lipinski definition) is 0. The minimum atomic E-state index is -3.67. The summed E-state index contributed by atoms with van der Waals surface area (Å²) >= 11 is 0. The van der Waals surface area contributed by atoms with Crippen LogP contribution in [-0.2, 0) is 24.7 Å². The number of nitrogens with zero attached hydrogens (tertiary/aromatic N) is 2. The number of carbonyl (C=O) groups is 1. The van der Waals surface area contributed by atoms with Crippen LogP contribution >= 0.6 is 0 Å². The molecule has 2 aliphatic heterocycles. The summed E-state index contributed by atoms with van der Waals surface area (Å²) in [5.74, 6) is -0.870. The number of benzene rings is 1. The third kappa shape index (κ3) is 4.72. The fourth-order valence-corrected chi connectivity index (χ4v) is 8.21. The van der Waals surface area contributed by atoms with Crippen LogP contribution in [0.4, 0.5) is 4.39 Å². The molecular formula is C18H25FN2O5S2. The van der Waals surface area contributed by atoms with Crippen LogP contribution in [0.5, 0.6) is 0 Å². The minimum Gasteiger partial charge on any atom is -0.340 e. The lowest BCUT2D eigenvalue weighted by molar-refractivity contribution is -0.132. The van der Waals surface area contributed by atoms with Gasteiger partial charge in [-0.15, -0.1) is 0 Å². The molecule has 0 spiro atoms. The lowest BCUT2D eigenvalue weighted by atomic mass is 9.97. The largest absolute Gasteiger partial charge is 0.340 e. The van der Waals surface area contributed by atoms with Crippen LogP contribution in [0.25, 0.3) is 0 Å². The van der Waals surface area contributed by atoms with Gasteiger partial charge in [0.25, 0.3) is 0 Å². The van der Waals surface area contributed by atoms with Crippen LogP contribution in [0.1, 0.15) is 31.2 Å². The first-order valence-corrected chi connectivity index (χ1v) is 12.6. The molecule has 156 valence electrons. The molecule has 28 heavy (non-hydrogen) atoms. The van der Waals surface area contributed by atoms with Gasteiger partial charge in [0.1, 0.15) is 5.82 Å². The Morgan fingerprint density at radius 1 is 1.18 bits per heavy atom.